The Morgan fingerprint density at radius 2 is 2.13 bits per heavy atom. The van der Waals surface area contributed by atoms with E-state index in [0.717, 1.165) is 0 Å². The highest BCUT2D eigenvalue weighted by Gasteiger charge is 1.98. The Morgan fingerprint density at radius 3 is 2.73 bits per heavy atom. The Kier molecular flexibility index (Phi) is 5.56. The summed E-state index contributed by atoms with van der Waals surface area (Å²) >= 11 is 4.73. The van der Waals surface area contributed by atoms with E-state index in [2.05, 4.69) is 34.3 Å². The van der Waals surface area contributed by atoms with Gasteiger partial charge >= 0.3 is 0 Å². The fraction of sp³-hybridized carbons (Fsp3) is 0.167. The predicted octanol–water partition coefficient (Wildman–Crippen LogP) is 3.05. The smallest absolute Gasteiger partial charge is 0.146 e. The molecule has 1 aromatic rings. The highest BCUT2D eigenvalue weighted by atomic mass is 79.9. The molecule has 1 nitrogen and oxygen atoms in total. The van der Waals surface area contributed by atoms with Crippen LogP contribution in [0.2, 0.25) is 0 Å². The largest absolute Gasteiger partial charge is 0.376 e. The lowest BCUT2D eigenvalue weighted by molar-refractivity contribution is 0.278. The third kappa shape index (κ3) is 5.08. The Morgan fingerprint density at radius 1 is 1.47 bits per heavy atom. The average Bonchev–Trinajstić information content (AvgIpc) is 2.25. The van der Waals surface area contributed by atoms with Crippen molar-refractivity contribution in [3.05, 3.63) is 41.4 Å². The minimum absolute atomic E-state index is 0.500. The highest BCUT2D eigenvalue weighted by molar-refractivity contribution is 9.11. The van der Waals surface area contributed by atoms with E-state index in [0.29, 0.717) is 10.2 Å². The SMILES string of the molecule is C=C(Br)C(O)C#CCSc1ccccc1. The first-order chi connectivity index (χ1) is 7.20. The van der Waals surface area contributed by atoms with Crippen molar-refractivity contribution in [2.24, 2.45) is 0 Å². The zero-order chi connectivity index (χ0) is 11.1. The molecule has 0 fully saturated rings. The van der Waals surface area contributed by atoms with Crippen molar-refractivity contribution in [2.75, 3.05) is 5.75 Å². The van der Waals surface area contributed by atoms with E-state index < -0.39 is 6.10 Å². The summed E-state index contributed by atoms with van der Waals surface area (Å²) in [5.41, 5.74) is 0. The first-order valence-electron chi connectivity index (χ1n) is 4.39. The van der Waals surface area contributed by atoms with Gasteiger partial charge in [-0.3, -0.25) is 0 Å². The van der Waals surface area contributed by atoms with E-state index >= 15 is 0 Å². The molecule has 0 aliphatic heterocycles. The maximum Gasteiger partial charge on any atom is 0.146 e. The van der Waals surface area contributed by atoms with E-state index in [1.165, 1.54) is 4.90 Å². The first-order valence-corrected chi connectivity index (χ1v) is 6.16. The maximum atomic E-state index is 9.29. The summed E-state index contributed by atoms with van der Waals surface area (Å²) in [6.07, 6.45) is -0.777. The van der Waals surface area contributed by atoms with Crippen LogP contribution in [0.15, 0.2) is 46.3 Å². The highest BCUT2D eigenvalue weighted by Crippen LogP contribution is 2.15. The molecular formula is C12H11BrOS. The molecule has 0 aliphatic carbocycles. The lowest BCUT2D eigenvalue weighted by Gasteiger charge is -1.97. The number of hydrogen-bond acceptors (Lipinski definition) is 2. The average molecular weight is 283 g/mol. The fourth-order valence-corrected chi connectivity index (χ4v) is 1.64. The molecule has 3 heteroatoms. The summed E-state index contributed by atoms with van der Waals surface area (Å²) in [4.78, 5) is 1.18. The van der Waals surface area contributed by atoms with Gasteiger partial charge in [0.1, 0.15) is 6.10 Å². The molecule has 0 aromatic heterocycles. The number of rotatable bonds is 3. The molecule has 1 N–H and O–H groups in total. The molecule has 1 atom stereocenters. The molecule has 0 amide bonds. The van der Waals surface area contributed by atoms with Crippen LogP contribution < -0.4 is 0 Å². The molecular weight excluding hydrogens is 272 g/mol. The Balaban J connectivity index is 2.36. The van der Waals surface area contributed by atoms with Gasteiger partial charge in [0.25, 0.3) is 0 Å². The van der Waals surface area contributed by atoms with E-state index in [9.17, 15) is 5.11 Å². The summed E-state index contributed by atoms with van der Waals surface area (Å²) in [7, 11) is 0. The van der Waals surface area contributed by atoms with Crippen molar-refractivity contribution in [2.45, 2.75) is 11.0 Å². The first kappa shape index (κ1) is 12.4. The number of aliphatic hydroxyl groups excluding tert-OH is 1. The standard InChI is InChI=1S/C12H11BrOS/c1-10(13)12(14)8-5-9-15-11-6-3-2-4-7-11/h2-4,6-7,12,14H,1,9H2. The molecule has 0 saturated heterocycles. The molecule has 1 unspecified atom stereocenters. The van der Waals surface area contributed by atoms with Crippen LogP contribution in [0.25, 0.3) is 0 Å². The van der Waals surface area contributed by atoms with Gasteiger partial charge in [0.05, 0.1) is 5.75 Å². The van der Waals surface area contributed by atoms with Crippen LogP contribution in [0.3, 0.4) is 0 Å². The molecule has 0 saturated carbocycles. The summed E-state index contributed by atoms with van der Waals surface area (Å²) in [5.74, 6) is 6.25. The monoisotopic (exact) mass is 282 g/mol. The quantitative estimate of drug-likeness (QED) is 0.679. The Hall–Kier alpha value is -0.690. The van der Waals surface area contributed by atoms with Gasteiger partial charge in [-0.25, -0.2) is 0 Å². The van der Waals surface area contributed by atoms with Crippen LogP contribution in [-0.4, -0.2) is 17.0 Å². The molecule has 0 bridgehead atoms. The summed E-state index contributed by atoms with van der Waals surface area (Å²) in [6, 6.07) is 10.0. The molecule has 15 heavy (non-hydrogen) atoms. The molecule has 1 rings (SSSR count). The molecule has 0 spiro atoms. The van der Waals surface area contributed by atoms with Crippen molar-refractivity contribution in [3.8, 4) is 11.8 Å². The zero-order valence-corrected chi connectivity index (χ0v) is 10.5. The second kappa shape index (κ2) is 6.73. The third-order valence-electron chi connectivity index (χ3n) is 1.59. The van der Waals surface area contributed by atoms with E-state index in [1.807, 2.05) is 30.3 Å². The molecule has 1 aromatic carbocycles. The van der Waals surface area contributed by atoms with Gasteiger partial charge in [-0.05, 0) is 12.1 Å². The van der Waals surface area contributed by atoms with Crippen molar-refractivity contribution in [1.29, 1.82) is 0 Å². The fourth-order valence-electron chi connectivity index (χ4n) is 0.853. The van der Waals surface area contributed by atoms with E-state index in [4.69, 9.17) is 0 Å². The van der Waals surface area contributed by atoms with Crippen LogP contribution in [0, 0.1) is 11.8 Å². The number of hydrogen-bond donors (Lipinski definition) is 1. The molecule has 78 valence electrons. The lowest BCUT2D eigenvalue weighted by Crippen LogP contribution is -2.00. The van der Waals surface area contributed by atoms with E-state index in [1.54, 1.807) is 11.8 Å². The predicted molar refractivity (Wildman–Crippen MR) is 69.0 cm³/mol. The van der Waals surface area contributed by atoms with Crippen molar-refractivity contribution in [1.82, 2.24) is 0 Å². The molecule has 0 aliphatic rings. The summed E-state index contributed by atoms with van der Waals surface area (Å²) < 4.78 is 0.500. The number of aliphatic hydroxyl groups is 1. The Bertz CT molecular complexity index is 378. The van der Waals surface area contributed by atoms with Gasteiger partial charge in [0.15, 0.2) is 0 Å². The number of thioether (sulfide) groups is 1. The zero-order valence-electron chi connectivity index (χ0n) is 8.11. The third-order valence-corrected chi connectivity index (χ3v) is 2.92. The molecule has 0 radical (unpaired) electrons. The second-order valence-electron chi connectivity index (χ2n) is 2.77. The number of benzene rings is 1. The lowest BCUT2D eigenvalue weighted by atomic mass is 10.3. The van der Waals surface area contributed by atoms with Crippen LogP contribution in [-0.2, 0) is 0 Å². The van der Waals surface area contributed by atoms with Crippen LogP contribution in [0.4, 0.5) is 0 Å². The Labute approximate surface area is 103 Å². The van der Waals surface area contributed by atoms with E-state index in [-0.39, 0.29) is 0 Å². The van der Waals surface area contributed by atoms with Crippen LogP contribution in [0.1, 0.15) is 0 Å². The minimum Gasteiger partial charge on any atom is -0.376 e. The van der Waals surface area contributed by atoms with Gasteiger partial charge in [0, 0.05) is 9.38 Å². The van der Waals surface area contributed by atoms with Crippen LogP contribution in [0.5, 0.6) is 0 Å². The van der Waals surface area contributed by atoms with Gasteiger partial charge in [-0.1, -0.05) is 52.5 Å². The summed E-state index contributed by atoms with van der Waals surface area (Å²) in [6.45, 7) is 3.55. The van der Waals surface area contributed by atoms with Crippen molar-refractivity contribution >= 4 is 27.7 Å². The van der Waals surface area contributed by atoms with Gasteiger partial charge in [-0.15, -0.1) is 11.8 Å². The maximum absolute atomic E-state index is 9.29. The van der Waals surface area contributed by atoms with Crippen LogP contribution >= 0.6 is 27.7 Å². The summed E-state index contributed by atoms with van der Waals surface area (Å²) in [5, 5.41) is 9.29. The van der Waals surface area contributed by atoms with Crippen molar-refractivity contribution < 1.29 is 5.11 Å². The van der Waals surface area contributed by atoms with Gasteiger partial charge in [0.2, 0.25) is 0 Å². The normalized spacial score (nSPS) is 11.3. The minimum atomic E-state index is -0.777. The van der Waals surface area contributed by atoms with Gasteiger partial charge < -0.3 is 5.11 Å². The molecule has 0 heterocycles. The topological polar surface area (TPSA) is 20.2 Å². The number of halogens is 1. The second-order valence-corrected chi connectivity index (χ2v) is 4.84. The van der Waals surface area contributed by atoms with Gasteiger partial charge in [-0.2, -0.15) is 0 Å². The van der Waals surface area contributed by atoms with Crippen molar-refractivity contribution in [3.63, 3.8) is 0 Å².